The minimum Gasteiger partial charge on any atom is -0.311 e. The van der Waals surface area contributed by atoms with Gasteiger partial charge in [-0.25, -0.2) is 0 Å². The number of rotatable bonds is 5. The quantitative estimate of drug-likeness (QED) is 0.162. The smallest absolute Gasteiger partial charge is 0.252 e. The molecule has 12 rings (SSSR count). The first-order valence-corrected chi connectivity index (χ1v) is 22.5. The van der Waals surface area contributed by atoms with Gasteiger partial charge in [-0.15, -0.1) is 0 Å². The van der Waals surface area contributed by atoms with Crippen LogP contribution in [0.3, 0.4) is 0 Å². The molecule has 276 valence electrons. The highest BCUT2D eigenvalue weighted by atomic mass is 28.3. The van der Waals surface area contributed by atoms with Crippen molar-refractivity contribution < 1.29 is 0 Å². The minimum absolute atomic E-state index is 0.0542. The minimum atomic E-state index is -2.74. The van der Waals surface area contributed by atoms with E-state index in [2.05, 4.69) is 245 Å². The number of hydrogen-bond acceptors (Lipinski definition) is 3. The first-order valence-electron chi connectivity index (χ1n) is 20.5. The van der Waals surface area contributed by atoms with Gasteiger partial charge in [-0.1, -0.05) is 164 Å². The molecular formula is C54H38BN3Si. The Morgan fingerprint density at radius 1 is 0.288 bits per heavy atom. The van der Waals surface area contributed by atoms with Crippen LogP contribution in [0.15, 0.2) is 231 Å². The highest BCUT2D eigenvalue weighted by Gasteiger charge is 2.49. The van der Waals surface area contributed by atoms with Crippen molar-refractivity contribution in [2.24, 2.45) is 0 Å². The van der Waals surface area contributed by atoms with Crippen molar-refractivity contribution in [1.82, 2.24) is 0 Å². The van der Waals surface area contributed by atoms with Gasteiger partial charge in [0.1, 0.15) is 0 Å². The van der Waals surface area contributed by atoms with Gasteiger partial charge in [-0.2, -0.15) is 0 Å². The van der Waals surface area contributed by atoms with Gasteiger partial charge in [0, 0.05) is 51.2 Å². The van der Waals surface area contributed by atoms with Gasteiger partial charge in [-0.05, 0) is 104 Å². The van der Waals surface area contributed by atoms with Crippen LogP contribution < -0.4 is 51.8 Å². The zero-order valence-electron chi connectivity index (χ0n) is 32.4. The number of fused-ring (bicyclic) bond motifs is 6. The van der Waals surface area contributed by atoms with Crippen LogP contribution in [0.1, 0.15) is 0 Å². The molecule has 9 aromatic carbocycles. The number of benzene rings is 9. The van der Waals surface area contributed by atoms with E-state index in [-0.39, 0.29) is 6.71 Å². The molecule has 0 spiro atoms. The highest BCUT2D eigenvalue weighted by Crippen LogP contribution is 2.46. The summed E-state index contributed by atoms with van der Waals surface area (Å²) in [6.45, 7) is 0.0542. The fraction of sp³-hybridized carbons (Fsp3) is 0. The summed E-state index contributed by atoms with van der Waals surface area (Å²) in [7, 11) is -2.74. The maximum absolute atomic E-state index is 2.74. The molecule has 0 N–H and O–H groups in total. The van der Waals surface area contributed by atoms with E-state index in [1.807, 2.05) is 0 Å². The molecule has 5 heteroatoms. The van der Waals surface area contributed by atoms with E-state index < -0.39 is 8.07 Å². The molecule has 0 unspecified atom stereocenters. The van der Waals surface area contributed by atoms with E-state index in [0.29, 0.717) is 0 Å². The summed E-state index contributed by atoms with van der Waals surface area (Å²) >= 11 is 0. The maximum Gasteiger partial charge on any atom is 0.252 e. The van der Waals surface area contributed by atoms with Crippen LogP contribution in [0.2, 0.25) is 0 Å². The second kappa shape index (κ2) is 13.4. The van der Waals surface area contributed by atoms with E-state index >= 15 is 0 Å². The fourth-order valence-corrected chi connectivity index (χ4v) is 15.5. The Labute approximate surface area is 346 Å². The van der Waals surface area contributed by atoms with Crippen molar-refractivity contribution >= 4 is 103 Å². The van der Waals surface area contributed by atoms with Crippen LogP contribution >= 0.6 is 0 Å². The van der Waals surface area contributed by atoms with Gasteiger partial charge < -0.3 is 14.7 Å². The molecule has 0 amide bonds. The van der Waals surface area contributed by atoms with Crippen molar-refractivity contribution in [2.45, 2.75) is 0 Å². The van der Waals surface area contributed by atoms with Crippen LogP contribution in [0.5, 0.6) is 0 Å². The van der Waals surface area contributed by atoms with Crippen molar-refractivity contribution in [2.75, 3.05) is 14.7 Å². The Kier molecular flexibility index (Phi) is 7.65. The molecule has 0 aromatic heterocycles. The molecule has 3 heterocycles. The lowest BCUT2D eigenvalue weighted by molar-refractivity contribution is 1.24. The van der Waals surface area contributed by atoms with Crippen molar-refractivity contribution in [3.8, 4) is 0 Å². The average Bonchev–Trinajstić information content (AvgIpc) is 3.31. The molecular weight excluding hydrogens is 730 g/mol. The van der Waals surface area contributed by atoms with E-state index in [1.165, 1.54) is 71.3 Å². The molecule has 0 radical (unpaired) electrons. The third-order valence-electron chi connectivity index (χ3n) is 12.7. The van der Waals surface area contributed by atoms with Gasteiger partial charge in [-0.3, -0.25) is 0 Å². The number of para-hydroxylation sites is 5. The molecule has 3 nitrogen and oxygen atoms in total. The molecule has 59 heavy (non-hydrogen) atoms. The summed E-state index contributed by atoms with van der Waals surface area (Å²) in [4.78, 5) is 7.48. The maximum atomic E-state index is 2.53. The lowest BCUT2D eigenvalue weighted by Crippen LogP contribution is -2.77. The molecule has 0 saturated carbocycles. The Hall–Kier alpha value is -7.34. The van der Waals surface area contributed by atoms with E-state index in [1.54, 1.807) is 0 Å². The molecule has 0 aliphatic carbocycles. The molecule has 3 aliphatic rings. The first-order chi connectivity index (χ1) is 29.3. The van der Waals surface area contributed by atoms with Crippen LogP contribution in [-0.4, -0.2) is 14.8 Å². The van der Waals surface area contributed by atoms with E-state index in [4.69, 9.17) is 0 Å². The van der Waals surface area contributed by atoms with Crippen LogP contribution in [0, 0.1) is 0 Å². The van der Waals surface area contributed by atoms with Gasteiger partial charge in [0.25, 0.3) is 6.71 Å². The molecule has 9 aromatic rings. The lowest BCUT2D eigenvalue weighted by Gasteiger charge is -2.46. The van der Waals surface area contributed by atoms with Gasteiger partial charge in [0.05, 0.1) is 0 Å². The topological polar surface area (TPSA) is 9.72 Å². The Balaban J connectivity index is 1.12. The SMILES string of the molecule is c1ccc(N2c3ccccc3B3c4ccc(N5c6ccccc6[Si](c6ccccc6)(c6ccccc6)c6ccccc65)cc4N(c4ccccc4)c4cccc2c43)cc1. The Morgan fingerprint density at radius 3 is 1.25 bits per heavy atom. The van der Waals surface area contributed by atoms with Crippen molar-refractivity contribution in [1.29, 1.82) is 0 Å². The lowest BCUT2D eigenvalue weighted by atomic mass is 9.33. The summed E-state index contributed by atoms with van der Waals surface area (Å²) in [6.07, 6.45) is 0. The number of hydrogen-bond donors (Lipinski definition) is 0. The highest BCUT2D eigenvalue weighted by molar-refractivity contribution is 7.21. The summed E-state index contributed by atoms with van der Waals surface area (Å²) in [5.74, 6) is 0. The molecule has 3 aliphatic heterocycles. The normalized spacial score (nSPS) is 14.1. The van der Waals surface area contributed by atoms with Gasteiger partial charge in [0.15, 0.2) is 8.07 Å². The monoisotopic (exact) mass is 767 g/mol. The van der Waals surface area contributed by atoms with Crippen molar-refractivity contribution in [3.05, 3.63) is 231 Å². The Morgan fingerprint density at radius 2 is 0.695 bits per heavy atom. The largest absolute Gasteiger partial charge is 0.311 e. The third-order valence-corrected chi connectivity index (χ3v) is 17.5. The van der Waals surface area contributed by atoms with Crippen LogP contribution in [0.25, 0.3) is 0 Å². The predicted octanol–water partition coefficient (Wildman–Crippen LogP) is 8.93. The van der Waals surface area contributed by atoms with E-state index in [9.17, 15) is 0 Å². The molecule has 0 atom stereocenters. The Bertz CT molecular complexity index is 2940. The number of anilines is 9. The summed E-state index contributed by atoms with van der Waals surface area (Å²) < 4.78 is 0. The summed E-state index contributed by atoms with van der Waals surface area (Å²) in [6, 6.07) is 85.6. The molecule has 0 bridgehead atoms. The van der Waals surface area contributed by atoms with E-state index in [0.717, 1.165) is 17.1 Å². The zero-order valence-corrected chi connectivity index (χ0v) is 33.4. The second-order valence-corrected chi connectivity index (χ2v) is 19.4. The van der Waals surface area contributed by atoms with Crippen molar-refractivity contribution in [3.63, 3.8) is 0 Å². The first kappa shape index (κ1) is 33.8. The molecule has 0 fully saturated rings. The van der Waals surface area contributed by atoms with Crippen LogP contribution in [-0.2, 0) is 0 Å². The predicted molar refractivity (Wildman–Crippen MR) is 252 cm³/mol. The number of nitrogens with zero attached hydrogens (tertiary/aromatic N) is 3. The fourth-order valence-electron chi connectivity index (χ4n) is 10.4. The summed E-state index contributed by atoms with van der Waals surface area (Å²) in [5.41, 5.74) is 14.7. The third kappa shape index (κ3) is 4.89. The molecule has 0 saturated heterocycles. The summed E-state index contributed by atoms with van der Waals surface area (Å²) in [5, 5.41) is 5.57. The van der Waals surface area contributed by atoms with Gasteiger partial charge >= 0.3 is 0 Å². The standard InChI is InChI=1S/C54H38BN3Si/c1-5-20-39(21-6-1)56-46-29-14-13-28-44(46)55-45-37-36-41(38-51(45)57(40-22-7-2-8-23-40)50-33-19-32-49(56)54(50)55)58-47-30-15-17-34-52(47)59(42-24-9-3-10-25-42,43-26-11-4-12-27-43)53-35-18-16-31-48(53)58/h1-38H. The van der Waals surface area contributed by atoms with Crippen LogP contribution in [0.4, 0.5) is 51.2 Å². The second-order valence-electron chi connectivity index (χ2n) is 15.6. The average molecular weight is 768 g/mol. The zero-order chi connectivity index (χ0) is 38.9. The van der Waals surface area contributed by atoms with Gasteiger partial charge in [0.2, 0.25) is 0 Å².